The zero-order valence-corrected chi connectivity index (χ0v) is 23.0. The monoisotopic (exact) mass is 562 g/mol. The maximum atomic E-state index is 13.8. The van der Waals surface area contributed by atoms with Crippen LogP contribution in [0.25, 0.3) is 6.08 Å². The van der Waals surface area contributed by atoms with Gasteiger partial charge in [0.05, 0.1) is 28.6 Å². The van der Waals surface area contributed by atoms with Crippen LogP contribution in [0.4, 0.5) is 15.8 Å². The summed E-state index contributed by atoms with van der Waals surface area (Å²) in [4.78, 5) is 39.3. The smallest absolute Gasteiger partial charge is 0.455 e. The number of hydrogen-bond acceptors (Lipinski definition) is 7. The van der Waals surface area contributed by atoms with Crippen molar-refractivity contribution in [3.8, 4) is 5.75 Å². The molecule has 11 heteroatoms. The van der Waals surface area contributed by atoms with Crippen LogP contribution in [0.5, 0.6) is 5.75 Å². The molecule has 1 aliphatic carbocycles. The zero-order chi connectivity index (χ0) is 29.4. The summed E-state index contributed by atoms with van der Waals surface area (Å²) >= 11 is 0. The third-order valence-electron chi connectivity index (χ3n) is 8.34. The van der Waals surface area contributed by atoms with Gasteiger partial charge in [0.15, 0.2) is 11.6 Å². The predicted molar refractivity (Wildman–Crippen MR) is 151 cm³/mol. The molecule has 4 atom stereocenters. The van der Waals surface area contributed by atoms with Crippen molar-refractivity contribution in [2.45, 2.75) is 58.4 Å². The van der Waals surface area contributed by atoms with E-state index in [4.69, 9.17) is 4.65 Å². The number of fused-ring (bicyclic) bond motifs is 3. The summed E-state index contributed by atoms with van der Waals surface area (Å²) < 4.78 is 19.8. The van der Waals surface area contributed by atoms with Crippen LogP contribution in [0.2, 0.25) is 6.32 Å². The molecular weight excluding hydrogens is 530 g/mol. The van der Waals surface area contributed by atoms with Crippen molar-refractivity contribution >= 4 is 36.4 Å². The molecule has 0 spiro atoms. The van der Waals surface area contributed by atoms with Crippen LogP contribution in [0.3, 0.4) is 0 Å². The third kappa shape index (κ3) is 5.56. The Morgan fingerprint density at radius 2 is 2.00 bits per heavy atom. The standard InChI is InChI=1S/C30H32BFN2O7/c1-3-5-19-14-22-28(30(37)33(29(22)36)20-6-4-7-21(15-20)34(39)40)23-16-31(38)41-26(27(19)23)11-8-17(2)12-18-9-10-25(35)24(32)13-18/h4,6-7,9-10,12-13,15,22-23,26,28,35,38H,3,5,8,11,14,16H2,1-2H3/b17-12+/t22-,23+,26-,28-/m1/s1. The van der Waals surface area contributed by atoms with Gasteiger partial charge >= 0.3 is 7.12 Å². The topological polar surface area (TPSA) is 130 Å². The average Bonchev–Trinajstić information content (AvgIpc) is 3.18. The number of allylic oxidation sites excluding steroid dienone is 2. The molecule has 2 aliphatic heterocycles. The lowest BCUT2D eigenvalue weighted by Crippen LogP contribution is -2.46. The highest BCUT2D eigenvalue weighted by Gasteiger charge is 2.57. The molecule has 0 unspecified atom stereocenters. The molecule has 5 rings (SSSR count). The Balaban J connectivity index is 1.43. The molecule has 0 radical (unpaired) electrons. The van der Waals surface area contributed by atoms with Crippen LogP contribution in [0, 0.1) is 33.7 Å². The van der Waals surface area contributed by atoms with Gasteiger partial charge in [-0.2, -0.15) is 0 Å². The molecule has 0 bridgehead atoms. The molecule has 2 aromatic carbocycles. The van der Waals surface area contributed by atoms with Crippen LogP contribution in [-0.4, -0.2) is 40.1 Å². The summed E-state index contributed by atoms with van der Waals surface area (Å²) in [5.41, 5.74) is 3.58. The molecule has 2 aromatic rings. The number of aromatic hydroxyl groups is 1. The maximum absolute atomic E-state index is 13.8. The van der Waals surface area contributed by atoms with Gasteiger partial charge in [-0.25, -0.2) is 9.29 Å². The molecule has 2 saturated heterocycles. The Kier molecular flexibility index (Phi) is 8.10. The summed E-state index contributed by atoms with van der Waals surface area (Å²) in [5.74, 6) is -3.56. The second kappa shape index (κ2) is 11.6. The number of amides is 2. The molecule has 2 N–H and O–H groups in total. The van der Waals surface area contributed by atoms with Crippen LogP contribution in [0.1, 0.15) is 51.5 Å². The first-order valence-electron chi connectivity index (χ1n) is 13.9. The highest BCUT2D eigenvalue weighted by Crippen LogP contribution is 2.52. The second-order valence-corrected chi connectivity index (χ2v) is 11.1. The fraction of sp³-hybridized carbons (Fsp3) is 0.400. The molecule has 2 fully saturated rings. The second-order valence-electron chi connectivity index (χ2n) is 11.1. The normalized spacial score (nSPS) is 24.5. The summed E-state index contributed by atoms with van der Waals surface area (Å²) in [5, 5.41) is 31.5. The van der Waals surface area contributed by atoms with Crippen molar-refractivity contribution in [3.63, 3.8) is 0 Å². The molecule has 2 amide bonds. The Morgan fingerprint density at radius 1 is 1.22 bits per heavy atom. The number of non-ortho nitro benzene ring substituents is 1. The Bertz CT molecular complexity index is 1460. The van der Waals surface area contributed by atoms with Crippen molar-refractivity contribution < 1.29 is 33.7 Å². The van der Waals surface area contributed by atoms with Crippen LogP contribution >= 0.6 is 0 Å². The van der Waals surface area contributed by atoms with E-state index in [9.17, 15) is 34.2 Å². The number of phenols is 1. The van der Waals surface area contributed by atoms with Crippen LogP contribution in [-0.2, 0) is 14.2 Å². The van der Waals surface area contributed by atoms with Gasteiger partial charge in [-0.15, -0.1) is 0 Å². The van der Waals surface area contributed by atoms with Gasteiger partial charge in [0.25, 0.3) is 5.69 Å². The van der Waals surface area contributed by atoms with Gasteiger partial charge in [0.2, 0.25) is 11.8 Å². The molecule has 0 saturated carbocycles. The van der Waals surface area contributed by atoms with E-state index in [1.807, 2.05) is 19.9 Å². The van der Waals surface area contributed by atoms with Crippen LogP contribution < -0.4 is 4.90 Å². The van der Waals surface area contributed by atoms with Crippen molar-refractivity contribution in [1.82, 2.24) is 0 Å². The van der Waals surface area contributed by atoms with E-state index < -0.39 is 47.5 Å². The van der Waals surface area contributed by atoms with Crippen LogP contribution in [0.15, 0.2) is 59.2 Å². The number of anilines is 1. The minimum Gasteiger partial charge on any atom is -0.505 e. The van der Waals surface area contributed by atoms with Crippen molar-refractivity contribution in [3.05, 3.63) is 80.7 Å². The first-order valence-corrected chi connectivity index (χ1v) is 13.9. The van der Waals surface area contributed by atoms with E-state index >= 15 is 0 Å². The number of carbonyl (C=O) groups excluding carboxylic acids is 2. The number of hydrogen-bond donors (Lipinski definition) is 2. The quantitative estimate of drug-likeness (QED) is 0.144. The SMILES string of the molecule is CCCC1=C2[C@@H](CC/C(C)=C/c3ccc(O)c(F)c3)OB(O)C[C@@H]2[C@@H]2C(=O)N(c3cccc([N+](=O)[O-])c3)C(=O)[C@@H]2C1. The van der Waals surface area contributed by atoms with Gasteiger partial charge in [-0.3, -0.25) is 19.7 Å². The predicted octanol–water partition coefficient (Wildman–Crippen LogP) is 5.42. The maximum Gasteiger partial charge on any atom is 0.455 e. The summed E-state index contributed by atoms with van der Waals surface area (Å²) in [6, 6.07) is 9.72. The third-order valence-corrected chi connectivity index (χ3v) is 8.34. The fourth-order valence-corrected chi connectivity index (χ4v) is 6.63. The van der Waals surface area contributed by atoms with E-state index in [2.05, 4.69) is 0 Å². The minimum atomic E-state index is -1.11. The number of nitrogens with zero attached hydrogens (tertiary/aromatic N) is 2. The van der Waals surface area contributed by atoms with Crippen molar-refractivity contribution in [2.75, 3.05) is 4.90 Å². The highest BCUT2D eigenvalue weighted by molar-refractivity contribution is 6.43. The number of nitro benzene ring substituents is 1. The summed E-state index contributed by atoms with van der Waals surface area (Å²) in [7, 11) is -1.11. The molecule has 9 nitrogen and oxygen atoms in total. The minimum absolute atomic E-state index is 0.178. The van der Waals surface area contributed by atoms with Gasteiger partial charge < -0.3 is 14.8 Å². The highest BCUT2D eigenvalue weighted by atomic mass is 19.1. The van der Waals surface area contributed by atoms with Gasteiger partial charge in [0.1, 0.15) is 0 Å². The van der Waals surface area contributed by atoms with E-state index in [-0.39, 0.29) is 29.5 Å². The summed E-state index contributed by atoms with van der Waals surface area (Å²) in [6.45, 7) is 3.96. The van der Waals surface area contributed by atoms with Crippen molar-refractivity contribution in [2.24, 2.45) is 17.8 Å². The van der Waals surface area contributed by atoms with E-state index in [0.717, 1.165) is 34.5 Å². The molecule has 41 heavy (non-hydrogen) atoms. The average molecular weight is 562 g/mol. The van der Waals surface area contributed by atoms with E-state index in [0.29, 0.717) is 24.8 Å². The zero-order valence-electron chi connectivity index (χ0n) is 23.0. The van der Waals surface area contributed by atoms with Gasteiger partial charge in [0, 0.05) is 12.1 Å². The number of nitro groups is 1. The lowest BCUT2D eigenvalue weighted by atomic mass is 9.58. The number of carbonyl (C=O) groups is 2. The molecule has 3 aliphatic rings. The van der Waals surface area contributed by atoms with Gasteiger partial charge in [-0.1, -0.05) is 42.7 Å². The number of phenolic OH excluding ortho intramolecular Hbond substituents is 1. The first-order chi connectivity index (χ1) is 19.6. The van der Waals surface area contributed by atoms with E-state index in [1.165, 1.54) is 36.4 Å². The largest absolute Gasteiger partial charge is 0.505 e. The Morgan fingerprint density at radius 3 is 2.71 bits per heavy atom. The van der Waals surface area contributed by atoms with E-state index in [1.54, 1.807) is 6.07 Å². The lowest BCUT2D eigenvalue weighted by Gasteiger charge is -2.43. The van der Waals surface area contributed by atoms with Gasteiger partial charge in [-0.05, 0) is 74.2 Å². The summed E-state index contributed by atoms with van der Waals surface area (Å²) in [6.07, 6.45) is 4.62. The molecule has 2 heterocycles. The molecular formula is C30H32BFN2O7. The number of imide groups is 1. The van der Waals surface area contributed by atoms with Crippen molar-refractivity contribution in [1.29, 1.82) is 0 Å². The molecule has 214 valence electrons. The number of rotatable bonds is 8. The first kappa shape index (κ1) is 28.7. The number of halogens is 1. The lowest BCUT2D eigenvalue weighted by molar-refractivity contribution is -0.384. The fourth-order valence-electron chi connectivity index (χ4n) is 6.63. The Labute approximate surface area is 237 Å². The molecule has 0 aromatic heterocycles. The number of benzene rings is 2. The Hall–Kier alpha value is -3.83.